The Morgan fingerprint density at radius 2 is 2.26 bits per heavy atom. The predicted molar refractivity (Wildman–Crippen MR) is 73.2 cm³/mol. The lowest BCUT2D eigenvalue weighted by Crippen LogP contribution is -2.25. The average molecular weight is 267 g/mol. The van der Waals surface area contributed by atoms with Crippen LogP contribution in [0.25, 0.3) is 0 Å². The van der Waals surface area contributed by atoms with Gasteiger partial charge < -0.3 is 19.8 Å². The van der Waals surface area contributed by atoms with Crippen molar-refractivity contribution < 1.29 is 9.47 Å². The molecule has 19 heavy (non-hydrogen) atoms. The van der Waals surface area contributed by atoms with E-state index in [1.54, 1.807) is 7.11 Å². The Balaban J connectivity index is 1.90. The van der Waals surface area contributed by atoms with Gasteiger partial charge >= 0.3 is 0 Å². The number of methoxy groups -OCH3 is 1. The summed E-state index contributed by atoms with van der Waals surface area (Å²) in [6.07, 6.45) is 4.07. The average Bonchev–Trinajstić information content (AvgIpc) is 3.26. The van der Waals surface area contributed by atoms with Crippen LogP contribution >= 0.6 is 0 Å². The van der Waals surface area contributed by atoms with Crippen molar-refractivity contribution in [1.82, 2.24) is 9.97 Å². The summed E-state index contributed by atoms with van der Waals surface area (Å²) in [5.41, 5.74) is 2.50. The van der Waals surface area contributed by atoms with E-state index in [4.69, 9.17) is 15.3 Å². The third kappa shape index (κ3) is 3.68. The third-order valence-electron chi connectivity index (χ3n) is 3.11. The molecule has 0 spiro atoms. The van der Waals surface area contributed by atoms with E-state index < -0.39 is 0 Å². The highest BCUT2D eigenvalue weighted by Crippen LogP contribution is 2.30. The van der Waals surface area contributed by atoms with E-state index >= 15 is 0 Å². The van der Waals surface area contributed by atoms with E-state index in [2.05, 4.69) is 15.4 Å². The number of nitrogens with one attached hydrogen (secondary N) is 1. The van der Waals surface area contributed by atoms with E-state index in [-0.39, 0.29) is 0 Å². The zero-order chi connectivity index (χ0) is 13.7. The fourth-order valence-electron chi connectivity index (χ4n) is 1.77. The molecule has 1 heterocycles. The minimum Gasteiger partial charge on any atom is -0.490 e. The molecule has 0 aliphatic heterocycles. The first kappa shape index (κ1) is 13.8. The first-order valence-electron chi connectivity index (χ1n) is 6.40. The molecule has 0 radical (unpaired) electrons. The maximum atomic E-state index is 5.61. The molecule has 3 N–H and O–H groups in total. The van der Waals surface area contributed by atoms with Gasteiger partial charge in [0.25, 0.3) is 0 Å². The first-order chi connectivity index (χ1) is 9.26. The second-order valence-corrected chi connectivity index (χ2v) is 4.66. The normalized spacial score (nSPS) is 14.3. The smallest absolute Gasteiger partial charge is 0.205 e. The van der Waals surface area contributed by atoms with E-state index in [0.29, 0.717) is 24.0 Å². The number of hydrogen-bond donors (Lipinski definition) is 2. The highest BCUT2D eigenvalue weighted by molar-refractivity contribution is 5.63. The SMILES string of the molecule is COc1c(NN)ncnc1N(C)CCOCC1CC1. The van der Waals surface area contributed by atoms with Gasteiger partial charge in [0, 0.05) is 20.2 Å². The first-order valence-corrected chi connectivity index (χ1v) is 6.40. The minimum atomic E-state index is 0.471. The molecule has 0 aromatic carbocycles. The summed E-state index contributed by atoms with van der Waals surface area (Å²) >= 11 is 0. The van der Waals surface area contributed by atoms with Crippen molar-refractivity contribution in [1.29, 1.82) is 0 Å². The van der Waals surface area contributed by atoms with Crippen molar-refractivity contribution >= 4 is 11.6 Å². The van der Waals surface area contributed by atoms with E-state index in [1.807, 2.05) is 11.9 Å². The number of ether oxygens (including phenoxy) is 2. The summed E-state index contributed by atoms with van der Waals surface area (Å²) in [6, 6.07) is 0. The summed E-state index contributed by atoms with van der Waals surface area (Å²) in [6.45, 7) is 2.28. The molecule has 1 aliphatic carbocycles. The maximum absolute atomic E-state index is 5.61. The van der Waals surface area contributed by atoms with Gasteiger partial charge in [-0.3, -0.25) is 0 Å². The number of nitrogen functional groups attached to an aromatic ring is 1. The minimum absolute atomic E-state index is 0.471. The molecule has 0 bridgehead atoms. The van der Waals surface area contributed by atoms with Gasteiger partial charge in [-0.05, 0) is 18.8 Å². The molecule has 0 unspecified atom stereocenters. The van der Waals surface area contributed by atoms with Gasteiger partial charge in [-0.1, -0.05) is 0 Å². The van der Waals surface area contributed by atoms with Gasteiger partial charge in [0.1, 0.15) is 6.33 Å². The molecular weight excluding hydrogens is 246 g/mol. The maximum Gasteiger partial charge on any atom is 0.205 e. The van der Waals surface area contributed by atoms with Gasteiger partial charge in [-0.2, -0.15) is 0 Å². The standard InChI is InChI=1S/C12H21N5O2/c1-17(5-6-19-7-9-3-4-9)12-10(18-2)11(16-13)14-8-15-12/h8-9H,3-7,13H2,1-2H3,(H,14,15,16). The van der Waals surface area contributed by atoms with Crippen LogP contribution in [0.3, 0.4) is 0 Å². The molecule has 106 valence electrons. The summed E-state index contributed by atoms with van der Waals surface area (Å²) in [5, 5.41) is 0. The van der Waals surface area contributed by atoms with Gasteiger partial charge in [-0.15, -0.1) is 0 Å². The van der Waals surface area contributed by atoms with Crippen LogP contribution < -0.4 is 20.9 Å². The Labute approximate surface area is 113 Å². The molecule has 1 aliphatic rings. The lowest BCUT2D eigenvalue weighted by molar-refractivity contribution is 0.130. The summed E-state index contributed by atoms with van der Waals surface area (Å²) in [5.74, 6) is 7.88. The predicted octanol–water partition coefficient (Wildman–Crippen LogP) is 0.634. The molecule has 1 aromatic heterocycles. The van der Waals surface area contributed by atoms with Gasteiger partial charge in [0.2, 0.25) is 5.75 Å². The molecule has 0 saturated heterocycles. The van der Waals surface area contributed by atoms with E-state index in [1.165, 1.54) is 19.2 Å². The van der Waals surface area contributed by atoms with Crippen LogP contribution in [0.2, 0.25) is 0 Å². The van der Waals surface area contributed by atoms with Gasteiger partial charge in [0.05, 0.1) is 13.7 Å². The molecule has 1 fully saturated rings. The number of rotatable bonds is 8. The van der Waals surface area contributed by atoms with Crippen LogP contribution in [-0.4, -0.2) is 43.9 Å². The Morgan fingerprint density at radius 3 is 2.89 bits per heavy atom. The van der Waals surface area contributed by atoms with Crippen LogP contribution in [0.15, 0.2) is 6.33 Å². The van der Waals surface area contributed by atoms with Gasteiger partial charge in [0.15, 0.2) is 11.6 Å². The number of hydrogen-bond acceptors (Lipinski definition) is 7. The highest BCUT2D eigenvalue weighted by atomic mass is 16.5. The second kappa shape index (κ2) is 6.53. The van der Waals surface area contributed by atoms with Crippen molar-refractivity contribution in [3.05, 3.63) is 6.33 Å². The summed E-state index contributed by atoms with van der Waals surface area (Å²) in [4.78, 5) is 10.2. The van der Waals surface area contributed by atoms with Crippen LogP contribution in [-0.2, 0) is 4.74 Å². The number of anilines is 2. The fraction of sp³-hybridized carbons (Fsp3) is 0.667. The Morgan fingerprint density at radius 1 is 1.47 bits per heavy atom. The zero-order valence-corrected chi connectivity index (χ0v) is 11.4. The van der Waals surface area contributed by atoms with E-state index in [0.717, 1.165) is 19.1 Å². The highest BCUT2D eigenvalue weighted by Gasteiger charge is 2.21. The van der Waals surface area contributed by atoms with Crippen LogP contribution in [0.4, 0.5) is 11.6 Å². The van der Waals surface area contributed by atoms with Crippen molar-refractivity contribution in [2.45, 2.75) is 12.8 Å². The largest absolute Gasteiger partial charge is 0.490 e. The molecule has 1 saturated carbocycles. The van der Waals surface area contributed by atoms with Crippen LogP contribution in [0, 0.1) is 5.92 Å². The molecule has 7 nitrogen and oxygen atoms in total. The topological polar surface area (TPSA) is 85.5 Å². The monoisotopic (exact) mass is 267 g/mol. The molecule has 1 aromatic rings. The van der Waals surface area contributed by atoms with Crippen LogP contribution in [0.1, 0.15) is 12.8 Å². The number of aromatic nitrogens is 2. The summed E-state index contributed by atoms with van der Waals surface area (Å²) < 4.78 is 10.9. The van der Waals surface area contributed by atoms with Crippen molar-refractivity contribution in [3.8, 4) is 5.75 Å². The molecule has 0 atom stereocenters. The zero-order valence-electron chi connectivity index (χ0n) is 11.4. The van der Waals surface area contributed by atoms with E-state index in [9.17, 15) is 0 Å². The van der Waals surface area contributed by atoms with Crippen molar-refractivity contribution in [2.24, 2.45) is 11.8 Å². The molecule has 2 rings (SSSR count). The molecular formula is C12H21N5O2. The number of hydrazine groups is 1. The lowest BCUT2D eigenvalue weighted by Gasteiger charge is -2.21. The molecule has 7 heteroatoms. The Hall–Kier alpha value is -1.60. The number of nitrogens with two attached hydrogens (primary N) is 1. The van der Waals surface area contributed by atoms with Crippen molar-refractivity contribution in [2.75, 3.05) is 44.2 Å². The fourth-order valence-corrected chi connectivity index (χ4v) is 1.77. The second-order valence-electron chi connectivity index (χ2n) is 4.66. The Bertz CT molecular complexity index is 411. The quantitative estimate of drug-likeness (QED) is 0.406. The number of likely N-dealkylation sites (N-methyl/N-ethyl adjacent to an activating group) is 1. The third-order valence-corrected chi connectivity index (χ3v) is 3.11. The van der Waals surface area contributed by atoms with Gasteiger partial charge in [-0.25, -0.2) is 15.8 Å². The van der Waals surface area contributed by atoms with Crippen LogP contribution in [0.5, 0.6) is 5.75 Å². The summed E-state index contributed by atoms with van der Waals surface area (Å²) in [7, 11) is 3.51. The lowest BCUT2D eigenvalue weighted by atomic mass is 10.4. The van der Waals surface area contributed by atoms with Crippen molar-refractivity contribution in [3.63, 3.8) is 0 Å². The Kier molecular flexibility index (Phi) is 4.75. The molecule has 0 amide bonds. The number of nitrogens with zero attached hydrogens (tertiary/aromatic N) is 3.